The van der Waals surface area contributed by atoms with Gasteiger partial charge in [0, 0.05) is 12.7 Å². The van der Waals surface area contributed by atoms with Crippen molar-refractivity contribution in [2.75, 3.05) is 11.6 Å². The third-order valence-corrected chi connectivity index (χ3v) is 6.71. The topological polar surface area (TPSA) is 92.3 Å². The highest BCUT2D eigenvalue weighted by Gasteiger charge is 2.31. The lowest BCUT2D eigenvalue weighted by Gasteiger charge is -2.28. The van der Waals surface area contributed by atoms with E-state index in [9.17, 15) is 16.8 Å². The maximum atomic E-state index is 12.5. The van der Waals surface area contributed by atoms with Crippen molar-refractivity contribution >= 4 is 37.1 Å². The van der Waals surface area contributed by atoms with Gasteiger partial charge in [0.05, 0.1) is 21.8 Å². The molecule has 0 bridgehead atoms. The number of anilines is 1. The molecule has 0 spiro atoms. The standard InChI is InChI=1S/C15H15ClN2O4S2/c1-23(19,20)13-9-14-12(8-11(13)16)17-15(18-24(14,21)22)7-10-5-3-2-4-6-10/h2-6,8-9,15,17-18H,7H2,1H3/t15-/m0/s1. The molecule has 1 aliphatic heterocycles. The van der Waals surface area contributed by atoms with Crippen molar-refractivity contribution in [1.29, 1.82) is 0 Å². The lowest BCUT2D eigenvalue weighted by Crippen LogP contribution is -2.46. The van der Waals surface area contributed by atoms with Crippen LogP contribution in [0.2, 0.25) is 5.02 Å². The van der Waals surface area contributed by atoms with Gasteiger partial charge in [0.25, 0.3) is 0 Å². The van der Waals surface area contributed by atoms with Gasteiger partial charge in [-0.1, -0.05) is 41.9 Å². The number of nitrogens with one attached hydrogen (secondary N) is 2. The van der Waals surface area contributed by atoms with E-state index in [0.29, 0.717) is 6.42 Å². The van der Waals surface area contributed by atoms with Crippen LogP contribution in [0.15, 0.2) is 52.3 Å². The zero-order valence-corrected chi connectivity index (χ0v) is 15.0. The highest BCUT2D eigenvalue weighted by Crippen LogP contribution is 2.34. The summed E-state index contributed by atoms with van der Waals surface area (Å²) in [5.74, 6) is 0. The molecule has 0 saturated heterocycles. The molecule has 2 N–H and O–H groups in total. The number of hydrogen-bond acceptors (Lipinski definition) is 5. The predicted octanol–water partition coefficient (Wildman–Crippen LogP) is 2.02. The van der Waals surface area contributed by atoms with Crippen LogP contribution in [-0.2, 0) is 26.3 Å². The highest BCUT2D eigenvalue weighted by atomic mass is 35.5. The van der Waals surface area contributed by atoms with Crippen LogP contribution in [-0.4, -0.2) is 29.3 Å². The van der Waals surface area contributed by atoms with Crippen LogP contribution in [0, 0.1) is 0 Å². The van der Waals surface area contributed by atoms with Gasteiger partial charge in [-0.15, -0.1) is 0 Å². The van der Waals surface area contributed by atoms with Crippen LogP contribution < -0.4 is 10.0 Å². The van der Waals surface area contributed by atoms with Gasteiger partial charge in [-0.25, -0.2) is 16.8 Å². The molecule has 128 valence electrons. The monoisotopic (exact) mass is 386 g/mol. The quantitative estimate of drug-likeness (QED) is 0.841. The molecule has 1 atom stereocenters. The minimum Gasteiger partial charge on any atom is -0.367 e. The first-order valence-corrected chi connectivity index (χ1v) is 10.8. The lowest BCUT2D eigenvalue weighted by molar-refractivity contribution is 0.555. The van der Waals surface area contributed by atoms with E-state index in [-0.39, 0.29) is 20.5 Å². The Morgan fingerprint density at radius 1 is 1.17 bits per heavy atom. The summed E-state index contributed by atoms with van der Waals surface area (Å²) in [5, 5.41) is 3.04. The molecule has 0 amide bonds. The summed E-state index contributed by atoms with van der Waals surface area (Å²) in [7, 11) is -7.48. The largest absolute Gasteiger partial charge is 0.367 e. The second kappa shape index (κ2) is 6.03. The van der Waals surface area contributed by atoms with Crippen molar-refractivity contribution in [3.05, 3.63) is 53.1 Å². The normalized spacial score (nSPS) is 19.3. The van der Waals surface area contributed by atoms with Crippen molar-refractivity contribution in [2.24, 2.45) is 0 Å². The van der Waals surface area contributed by atoms with Gasteiger partial charge in [-0.3, -0.25) is 0 Å². The van der Waals surface area contributed by atoms with E-state index in [0.717, 1.165) is 17.9 Å². The van der Waals surface area contributed by atoms with Crippen LogP contribution in [0.3, 0.4) is 0 Å². The SMILES string of the molecule is CS(=O)(=O)c1cc2c(cc1Cl)N[C@H](Cc1ccccc1)NS2(=O)=O. The van der Waals surface area contributed by atoms with Crippen molar-refractivity contribution in [3.8, 4) is 0 Å². The average molecular weight is 387 g/mol. The van der Waals surface area contributed by atoms with Crippen molar-refractivity contribution < 1.29 is 16.8 Å². The Hall–Kier alpha value is -1.61. The minimum atomic E-state index is -3.85. The fourth-order valence-electron chi connectivity index (χ4n) is 2.56. The first-order valence-electron chi connectivity index (χ1n) is 7.03. The third-order valence-electron chi connectivity index (χ3n) is 3.63. The Bertz CT molecular complexity index is 990. The molecule has 0 unspecified atom stereocenters. The Labute approximate surface area is 145 Å². The summed E-state index contributed by atoms with van der Waals surface area (Å²) < 4.78 is 50.9. The van der Waals surface area contributed by atoms with Crippen LogP contribution >= 0.6 is 11.6 Å². The van der Waals surface area contributed by atoms with E-state index in [2.05, 4.69) is 10.0 Å². The van der Waals surface area contributed by atoms with Gasteiger partial charge >= 0.3 is 0 Å². The molecule has 2 aromatic carbocycles. The van der Waals surface area contributed by atoms with Gasteiger partial charge in [0.2, 0.25) is 10.0 Å². The van der Waals surface area contributed by atoms with E-state index >= 15 is 0 Å². The molecule has 0 aliphatic carbocycles. The lowest BCUT2D eigenvalue weighted by atomic mass is 10.1. The zero-order valence-electron chi connectivity index (χ0n) is 12.7. The molecule has 24 heavy (non-hydrogen) atoms. The summed E-state index contributed by atoms with van der Waals surface area (Å²) in [6.45, 7) is 0. The highest BCUT2D eigenvalue weighted by molar-refractivity contribution is 7.91. The smallest absolute Gasteiger partial charge is 0.244 e. The van der Waals surface area contributed by atoms with E-state index in [1.807, 2.05) is 30.3 Å². The van der Waals surface area contributed by atoms with Gasteiger partial charge < -0.3 is 5.32 Å². The predicted molar refractivity (Wildman–Crippen MR) is 92.4 cm³/mol. The molecule has 1 heterocycles. The van der Waals surface area contributed by atoms with Crippen LogP contribution in [0.5, 0.6) is 0 Å². The van der Waals surface area contributed by atoms with E-state index in [1.165, 1.54) is 6.07 Å². The fourth-order valence-corrected chi connectivity index (χ4v) is 5.29. The van der Waals surface area contributed by atoms with Crippen molar-refractivity contribution in [2.45, 2.75) is 22.4 Å². The summed E-state index contributed by atoms with van der Waals surface area (Å²) in [6, 6.07) is 11.8. The third kappa shape index (κ3) is 3.41. The van der Waals surface area contributed by atoms with Gasteiger partial charge in [-0.2, -0.15) is 4.72 Å². The Balaban J connectivity index is 2.01. The molecule has 0 aromatic heterocycles. The van der Waals surface area contributed by atoms with E-state index in [4.69, 9.17) is 11.6 Å². The first kappa shape index (κ1) is 17.2. The number of halogens is 1. The maximum Gasteiger partial charge on any atom is 0.244 e. The number of fused-ring (bicyclic) bond motifs is 1. The molecule has 0 saturated carbocycles. The number of benzene rings is 2. The van der Waals surface area contributed by atoms with Crippen LogP contribution in [0.1, 0.15) is 5.56 Å². The molecular weight excluding hydrogens is 372 g/mol. The van der Waals surface area contributed by atoms with Crippen molar-refractivity contribution in [1.82, 2.24) is 4.72 Å². The maximum absolute atomic E-state index is 12.5. The van der Waals surface area contributed by atoms with E-state index < -0.39 is 26.0 Å². The summed E-state index contributed by atoms with van der Waals surface area (Å²) in [5.41, 5.74) is 1.24. The van der Waals surface area contributed by atoms with Gasteiger partial charge in [0.15, 0.2) is 9.84 Å². The van der Waals surface area contributed by atoms with Crippen LogP contribution in [0.25, 0.3) is 0 Å². The molecule has 0 fully saturated rings. The fraction of sp³-hybridized carbons (Fsp3) is 0.200. The summed E-state index contributed by atoms with van der Waals surface area (Å²) >= 11 is 6.01. The van der Waals surface area contributed by atoms with Crippen LogP contribution in [0.4, 0.5) is 5.69 Å². The number of rotatable bonds is 3. The Morgan fingerprint density at radius 3 is 2.46 bits per heavy atom. The number of hydrogen-bond donors (Lipinski definition) is 2. The molecule has 9 heteroatoms. The zero-order chi connectivity index (χ0) is 17.5. The Kier molecular flexibility index (Phi) is 4.33. The molecule has 0 radical (unpaired) electrons. The molecule has 1 aliphatic rings. The first-order chi connectivity index (χ1) is 11.2. The summed E-state index contributed by atoms with van der Waals surface area (Å²) in [4.78, 5) is -0.340. The second-order valence-corrected chi connectivity index (χ2v) is 9.63. The molecule has 6 nitrogen and oxygen atoms in total. The number of sulfonamides is 1. The van der Waals surface area contributed by atoms with Gasteiger partial charge in [0.1, 0.15) is 4.90 Å². The average Bonchev–Trinajstić information content (AvgIpc) is 2.45. The Morgan fingerprint density at radius 2 is 1.83 bits per heavy atom. The minimum absolute atomic E-state index is 0.0145. The molecule has 3 rings (SSSR count). The second-order valence-electron chi connectivity index (χ2n) is 5.56. The van der Waals surface area contributed by atoms with Crippen molar-refractivity contribution in [3.63, 3.8) is 0 Å². The molecular formula is C15H15ClN2O4S2. The number of sulfone groups is 1. The molecule has 2 aromatic rings. The van der Waals surface area contributed by atoms with Gasteiger partial charge in [-0.05, 0) is 17.7 Å². The van der Waals surface area contributed by atoms with E-state index in [1.54, 1.807) is 0 Å². The summed E-state index contributed by atoms with van der Waals surface area (Å²) in [6.07, 6.45) is 0.866.